The van der Waals surface area contributed by atoms with Gasteiger partial charge in [-0.25, -0.2) is 9.37 Å². The van der Waals surface area contributed by atoms with Crippen LogP contribution >= 0.6 is 0 Å². The first kappa shape index (κ1) is 24.6. The highest BCUT2D eigenvalue weighted by molar-refractivity contribution is 6.26. The van der Waals surface area contributed by atoms with E-state index in [0.717, 1.165) is 11.9 Å². The van der Waals surface area contributed by atoms with Crippen LogP contribution in [0.15, 0.2) is 59.7 Å². The third kappa shape index (κ3) is 7.80. The number of benzene rings is 2. The lowest BCUT2D eigenvalue weighted by molar-refractivity contribution is -0.114. The van der Waals surface area contributed by atoms with Crippen LogP contribution in [0.4, 0.5) is 38.9 Å². The average molecular weight is 467 g/mol. The number of nitrogens with one attached hydrogen (secondary N) is 5. The summed E-state index contributed by atoms with van der Waals surface area (Å²) in [5.74, 6) is -0.711. The van der Waals surface area contributed by atoms with E-state index in [0.29, 0.717) is 36.7 Å². The molecule has 2 aromatic carbocycles. The molecule has 3 rings (SSSR count). The van der Waals surface area contributed by atoms with Crippen molar-refractivity contribution in [2.45, 2.75) is 0 Å². The van der Waals surface area contributed by atoms with Crippen LogP contribution in [0, 0.1) is 5.82 Å². The van der Waals surface area contributed by atoms with Gasteiger partial charge >= 0.3 is 0 Å². The molecule has 0 fully saturated rings. The summed E-state index contributed by atoms with van der Waals surface area (Å²) in [7, 11) is 1.80. The number of carbonyl (C=O) groups excluding carboxylic acids is 1. The number of aliphatic imine (C=N–C) groups is 1. The van der Waals surface area contributed by atoms with Crippen molar-refractivity contribution in [2.75, 3.05) is 49.2 Å². The largest absolute Gasteiger partial charge is 0.395 e. The predicted molar refractivity (Wildman–Crippen MR) is 132 cm³/mol. The summed E-state index contributed by atoms with van der Waals surface area (Å²) in [5.41, 5.74) is 2.58. The van der Waals surface area contributed by atoms with Gasteiger partial charge in [-0.1, -0.05) is 12.1 Å². The third-order valence-electron chi connectivity index (χ3n) is 4.42. The fourth-order valence-electron chi connectivity index (χ4n) is 2.84. The zero-order valence-electron chi connectivity index (χ0n) is 18.7. The van der Waals surface area contributed by atoms with Crippen molar-refractivity contribution in [3.8, 4) is 0 Å². The minimum absolute atomic E-state index is 0.00358. The Kier molecular flexibility index (Phi) is 9.26. The highest BCUT2D eigenvalue weighted by Gasteiger charge is 2.09. The number of anilines is 5. The highest BCUT2D eigenvalue weighted by Crippen LogP contribution is 2.24. The normalized spacial score (nSPS) is 10.8. The third-order valence-corrected chi connectivity index (χ3v) is 4.42. The summed E-state index contributed by atoms with van der Waals surface area (Å²) in [5, 5.41) is 23.6. The van der Waals surface area contributed by atoms with Crippen LogP contribution in [-0.2, 0) is 4.79 Å². The van der Waals surface area contributed by atoms with Gasteiger partial charge in [0, 0.05) is 36.7 Å². The quantitative estimate of drug-likeness (QED) is 0.177. The number of aliphatic hydroxyl groups excluding tert-OH is 1. The predicted octanol–water partition coefficient (Wildman–Crippen LogP) is 2.54. The van der Waals surface area contributed by atoms with Crippen molar-refractivity contribution in [3.63, 3.8) is 0 Å². The lowest BCUT2D eigenvalue weighted by Gasteiger charge is -2.11. The van der Waals surface area contributed by atoms with Gasteiger partial charge in [-0.3, -0.25) is 9.79 Å². The topological polar surface area (TPSA) is 136 Å². The zero-order valence-corrected chi connectivity index (χ0v) is 18.7. The molecule has 3 aromatic rings. The van der Waals surface area contributed by atoms with Gasteiger partial charge in [-0.05, 0) is 43.4 Å². The molecule has 1 heterocycles. The first-order chi connectivity index (χ1) is 16.6. The van der Waals surface area contributed by atoms with Crippen molar-refractivity contribution in [1.29, 1.82) is 0 Å². The molecule has 0 radical (unpaired) electrons. The van der Waals surface area contributed by atoms with Crippen molar-refractivity contribution in [1.82, 2.24) is 20.6 Å². The molecule has 0 spiro atoms. The van der Waals surface area contributed by atoms with Crippen LogP contribution in [-0.4, -0.2) is 60.5 Å². The van der Waals surface area contributed by atoms with Gasteiger partial charge in [0.05, 0.1) is 24.7 Å². The van der Waals surface area contributed by atoms with Gasteiger partial charge in [0.1, 0.15) is 0 Å². The Labute approximate surface area is 196 Å². The average Bonchev–Trinajstić information content (AvgIpc) is 2.84. The minimum atomic E-state index is -0.609. The fourth-order valence-corrected chi connectivity index (χ4v) is 2.84. The molecule has 0 aliphatic rings. The molecule has 6 N–H and O–H groups in total. The summed E-state index contributed by atoms with van der Waals surface area (Å²) >= 11 is 0. The minimum Gasteiger partial charge on any atom is -0.395 e. The van der Waals surface area contributed by atoms with E-state index in [-0.39, 0.29) is 24.3 Å². The standard InChI is InChI=1S/C23H27FN8O2/c1-25-8-9-27-21(34)15-28-17-5-3-7-19(13-17)31-23-29-14-20(24)22(32-23)30-18-6-2-4-16(12-18)26-10-11-33/h2-7,12-15,25-26,33H,8-11H2,1H3,(H,27,34)(H2,29,30,31,32). The number of halogens is 1. The van der Waals surface area contributed by atoms with Crippen LogP contribution in [0.3, 0.4) is 0 Å². The molecule has 0 aliphatic carbocycles. The van der Waals surface area contributed by atoms with E-state index in [1.165, 1.54) is 6.21 Å². The van der Waals surface area contributed by atoms with Gasteiger partial charge < -0.3 is 31.7 Å². The van der Waals surface area contributed by atoms with E-state index >= 15 is 0 Å². The lowest BCUT2D eigenvalue weighted by atomic mass is 10.2. The van der Waals surface area contributed by atoms with Gasteiger partial charge in [0.2, 0.25) is 5.95 Å². The number of rotatable bonds is 12. The molecule has 0 atom stereocenters. The zero-order chi connectivity index (χ0) is 24.2. The molecular weight excluding hydrogens is 439 g/mol. The highest BCUT2D eigenvalue weighted by atomic mass is 19.1. The maximum Gasteiger partial charge on any atom is 0.262 e. The fraction of sp³-hybridized carbons (Fsp3) is 0.217. The number of carbonyl (C=O) groups is 1. The SMILES string of the molecule is CNCCNC(=O)C=Nc1cccc(Nc2ncc(F)c(Nc3cccc(NCCO)c3)n2)c1. The molecule has 34 heavy (non-hydrogen) atoms. The monoisotopic (exact) mass is 466 g/mol. The second-order valence-electron chi connectivity index (χ2n) is 7.07. The van der Waals surface area contributed by atoms with Gasteiger partial charge in [-0.2, -0.15) is 4.98 Å². The molecule has 10 nitrogen and oxygen atoms in total. The van der Waals surface area contributed by atoms with Gasteiger partial charge in [0.25, 0.3) is 5.91 Å². The number of amides is 1. The first-order valence-electron chi connectivity index (χ1n) is 10.7. The van der Waals surface area contributed by atoms with Crippen LogP contribution in [0.1, 0.15) is 0 Å². The summed E-state index contributed by atoms with van der Waals surface area (Å²) in [6, 6.07) is 14.2. The number of hydrogen-bond donors (Lipinski definition) is 6. The second-order valence-corrected chi connectivity index (χ2v) is 7.07. The van der Waals surface area contributed by atoms with E-state index < -0.39 is 5.82 Å². The van der Waals surface area contributed by atoms with E-state index in [1.54, 1.807) is 49.5 Å². The Morgan fingerprint density at radius 1 is 1.06 bits per heavy atom. The number of nitrogens with zero attached hydrogens (tertiary/aromatic N) is 3. The molecule has 0 saturated carbocycles. The Morgan fingerprint density at radius 3 is 2.62 bits per heavy atom. The van der Waals surface area contributed by atoms with Crippen molar-refractivity contribution in [3.05, 3.63) is 60.5 Å². The number of aliphatic hydroxyl groups is 1. The van der Waals surface area contributed by atoms with Crippen molar-refractivity contribution >= 4 is 46.6 Å². The smallest absolute Gasteiger partial charge is 0.262 e. The summed E-state index contributed by atoms with van der Waals surface area (Å²) in [6.45, 7) is 1.58. The maximum absolute atomic E-state index is 14.3. The van der Waals surface area contributed by atoms with Crippen molar-refractivity contribution < 1.29 is 14.3 Å². The van der Waals surface area contributed by atoms with Crippen LogP contribution in [0.2, 0.25) is 0 Å². The summed E-state index contributed by atoms with van der Waals surface area (Å²) < 4.78 is 14.3. The van der Waals surface area contributed by atoms with Crippen molar-refractivity contribution in [2.24, 2.45) is 4.99 Å². The van der Waals surface area contributed by atoms with E-state index in [9.17, 15) is 9.18 Å². The Morgan fingerprint density at radius 2 is 1.82 bits per heavy atom. The molecule has 11 heteroatoms. The number of aromatic nitrogens is 2. The first-order valence-corrected chi connectivity index (χ1v) is 10.7. The maximum atomic E-state index is 14.3. The number of hydrogen-bond acceptors (Lipinski definition) is 9. The molecule has 0 aliphatic heterocycles. The molecular formula is C23H27FN8O2. The summed E-state index contributed by atoms with van der Waals surface area (Å²) in [6.07, 6.45) is 2.29. The van der Waals surface area contributed by atoms with Gasteiger partial charge in [0.15, 0.2) is 11.6 Å². The van der Waals surface area contributed by atoms with Crippen LogP contribution in [0.5, 0.6) is 0 Å². The van der Waals surface area contributed by atoms with E-state index in [4.69, 9.17) is 5.11 Å². The Bertz CT molecular complexity index is 1130. The Balaban J connectivity index is 1.67. The lowest BCUT2D eigenvalue weighted by Crippen LogP contribution is -2.30. The summed E-state index contributed by atoms with van der Waals surface area (Å²) in [4.78, 5) is 24.2. The molecule has 0 saturated heterocycles. The molecule has 178 valence electrons. The molecule has 1 amide bonds. The molecule has 0 bridgehead atoms. The Hall–Kier alpha value is -4.09. The molecule has 0 unspecified atom stereocenters. The van der Waals surface area contributed by atoms with E-state index in [2.05, 4.69) is 41.5 Å². The van der Waals surface area contributed by atoms with E-state index in [1.807, 2.05) is 6.07 Å². The molecule has 1 aromatic heterocycles. The van der Waals surface area contributed by atoms with Crippen LogP contribution < -0.4 is 26.6 Å². The number of likely N-dealkylation sites (N-methyl/N-ethyl adjacent to an activating group) is 1. The van der Waals surface area contributed by atoms with Crippen LogP contribution in [0.25, 0.3) is 0 Å². The second kappa shape index (κ2) is 12.8. The van der Waals surface area contributed by atoms with Gasteiger partial charge in [-0.15, -0.1) is 0 Å².